The van der Waals surface area contributed by atoms with Crippen molar-refractivity contribution in [3.05, 3.63) is 29.0 Å². The number of imide groups is 1. The van der Waals surface area contributed by atoms with Crippen molar-refractivity contribution in [3.63, 3.8) is 0 Å². The van der Waals surface area contributed by atoms with Crippen LogP contribution in [0, 0.1) is 5.82 Å². The topological polar surface area (TPSA) is 78.5 Å². The molecule has 0 bridgehead atoms. The molecule has 1 aliphatic carbocycles. The second-order valence-electron chi connectivity index (χ2n) is 6.14. The van der Waals surface area contributed by atoms with E-state index in [9.17, 15) is 18.8 Å². The molecule has 1 saturated heterocycles. The lowest BCUT2D eigenvalue weighted by Gasteiger charge is -2.30. The second-order valence-corrected chi connectivity index (χ2v) is 6.57. The molecule has 0 atom stereocenters. The highest BCUT2D eigenvalue weighted by molar-refractivity contribution is 6.30. The second kappa shape index (κ2) is 6.39. The number of carbonyl (C=O) groups is 3. The highest BCUT2D eigenvalue weighted by Gasteiger charge is 2.51. The molecule has 1 aromatic carbocycles. The van der Waals surface area contributed by atoms with Gasteiger partial charge in [-0.1, -0.05) is 30.9 Å². The number of nitrogens with zero attached hydrogens (tertiary/aromatic N) is 1. The third kappa shape index (κ3) is 3.08. The molecule has 8 heteroatoms. The summed E-state index contributed by atoms with van der Waals surface area (Å²) in [5.74, 6) is -1.69. The van der Waals surface area contributed by atoms with Gasteiger partial charge in [0, 0.05) is 5.02 Å². The summed E-state index contributed by atoms with van der Waals surface area (Å²) in [6, 6.07) is 3.17. The van der Waals surface area contributed by atoms with Crippen LogP contribution in [0.3, 0.4) is 0 Å². The highest BCUT2D eigenvalue weighted by Crippen LogP contribution is 2.33. The number of hydrogen-bond donors (Lipinski definition) is 2. The van der Waals surface area contributed by atoms with Crippen LogP contribution in [0.15, 0.2) is 18.2 Å². The molecule has 24 heavy (non-hydrogen) atoms. The predicted molar refractivity (Wildman–Crippen MR) is 86.1 cm³/mol. The molecule has 0 unspecified atom stereocenters. The van der Waals surface area contributed by atoms with E-state index in [0.29, 0.717) is 12.8 Å². The van der Waals surface area contributed by atoms with Crippen molar-refractivity contribution in [2.45, 2.75) is 37.6 Å². The summed E-state index contributed by atoms with van der Waals surface area (Å²) < 4.78 is 13.6. The van der Waals surface area contributed by atoms with E-state index in [0.717, 1.165) is 30.2 Å². The van der Waals surface area contributed by atoms with E-state index in [4.69, 9.17) is 11.6 Å². The average molecular weight is 354 g/mol. The van der Waals surface area contributed by atoms with E-state index in [2.05, 4.69) is 10.6 Å². The SMILES string of the molecule is O=C(CN1C(=O)NC2(CCCCC2)C1=O)Nc1cc(Cl)ccc1F. The van der Waals surface area contributed by atoms with Crippen molar-refractivity contribution in [2.75, 3.05) is 11.9 Å². The van der Waals surface area contributed by atoms with E-state index < -0.39 is 29.8 Å². The first-order chi connectivity index (χ1) is 11.4. The maximum atomic E-state index is 13.6. The molecular weight excluding hydrogens is 337 g/mol. The molecule has 1 spiro atoms. The van der Waals surface area contributed by atoms with E-state index in [1.54, 1.807) is 0 Å². The monoisotopic (exact) mass is 353 g/mol. The fraction of sp³-hybridized carbons (Fsp3) is 0.438. The standard InChI is InChI=1S/C16H17ClFN3O3/c17-10-4-5-11(18)12(8-10)19-13(22)9-21-14(23)16(20-15(21)24)6-2-1-3-7-16/h4-5,8H,1-3,6-7,9H2,(H,19,22)(H,20,24). The Bertz CT molecular complexity index is 704. The number of rotatable bonds is 3. The lowest BCUT2D eigenvalue weighted by molar-refractivity contribution is -0.134. The van der Waals surface area contributed by atoms with Gasteiger partial charge in [0.05, 0.1) is 5.69 Å². The molecule has 2 aliphatic rings. The lowest BCUT2D eigenvalue weighted by atomic mass is 9.82. The molecule has 3 rings (SSSR count). The largest absolute Gasteiger partial charge is 0.325 e. The molecule has 2 fully saturated rings. The Kier molecular flexibility index (Phi) is 4.45. The Morgan fingerprint density at radius 1 is 1.29 bits per heavy atom. The van der Waals surface area contributed by atoms with Gasteiger partial charge in [-0.05, 0) is 31.0 Å². The van der Waals surface area contributed by atoms with Gasteiger partial charge in [0.25, 0.3) is 5.91 Å². The number of benzene rings is 1. The maximum absolute atomic E-state index is 13.6. The Labute approximate surface area is 143 Å². The van der Waals surface area contributed by atoms with Crippen molar-refractivity contribution in [2.24, 2.45) is 0 Å². The van der Waals surface area contributed by atoms with Crippen LogP contribution in [0.5, 0.6) is 0 Å². The zero-order valence-corrected chi connectivity index (χ0v) is 13.7. The van der Waals surface area contributed by atoms with Crippen LogP contribution < -0.4 is 10.6 Å². The van der Waals surface area contributed by atoms with Crippen LogP contribution in [0.2, 0.25) is 5.02 Å². The number of anilines is 1. The quantitative estimate of drug-likeness (QED) is 0.820. The fourth-order valence-corrected chi connectivity index (χ4v) is 3.41. The van der Waals surface area contributed by atoms with Gasteiger partial charge in [0.2, 0.25) is 5.91 Å². The Morgan fingerprint density at radius 3 is 2.71 bits per heavy atom. The third-order valence-corrected chi connectivity index (χ3v) is 4.69. The van der Waals surface area contributed by atoms with Crippen LogP contribution in [0.1, 0.15) is 32.1 Å². The Morgan fingerprint density at radius 2 is 2.00 bits per heavy atom. The molecular formula is C16H17ClFN3O3. The van der Waals surface area contributed by atoms with Crippen molar-refractivity contribution in [1.82, 2.24) is 10.2 Å². The molecule has 1 saturated carbocycles. The minimum absolute atomic E-state index is 0.0908. The number of halogens is 2. The fourth-order valence-electron chi connectivity index (χ4n) is 3.24. The molecule has 1 heterocycles. The van der Waals surface area contributed by atoms with Crippen LogP contribution >= 0.6 is 11.6 Å². The molecule has 4 amide bonds. The summed E-state index contributed by atoms with van der Waals surface area (Å²) >= 11 is 5.77. The first-order valence-electron chi connectivity index (χ1n) is 7.80. The summed E-state index contributed by atoms with van der Waals surface area (Å²) in [7, 11) is 0. The first-order valence-corrected chi connectivity index (χ1v) is 8.18. The molecule has 128 valence electrons. The molecule has 0 radical (unpaired) electrons. The van der Waals surface area contributed by atoms with Gasteiger partial charge in [0.1, 0.15) is 17.9 Å². The molecule has 6 nitrogen and oxygen atoms in total. The summed E-state index contributed by atoms with van der Waals surface area (Å²) in [4.78, 5) is 37.6. The zero-order valence-electron chi connectivity index (χ0n) is 12.9. The van der Waals surface area contributed by atoms with E-state index >= 15 is 0 Å². The van der Waals surface area contributed by atoms with Gasteiger partial charge in [-0.2, -0.15) is 0 Å². The number of carbonyl (C=O) groups excluding carboxylic acids is 3. The van der Waals surface area contributed by atoms with Crippen molar-refractivity contribution in [1.29, 1.82) is 0 Å². The molecule has 1 aliphatic heterocycles. The average Bonchev–Trinajstić information content (AvgIpc) is 2.76. The van der Waals surface area contributed by atoms with Gasteiger partial charge in [0.15, 0.2) is 0 Å². The van der Waals surface area contributed by atoms with Crippen molar-refractivity contribution < 1.29 is 18.8 Å². The lowest BCUT2D eigenvalue weighted by Crippen LogP contribution is -2.48. The predicted octanol–water partition coefficient (Wildman–Crippen LogP) is 2.67. The normalized spacial score (nSPS) is 19.5. The van der Waals surface area contributed by atoms with E-state index in [-0.39, 0.29) is 16.6 Å². The van der Waals surface area contributed by atoms with E-state index in [1.807, 2.05) is 0 Å². The van der Waals surface area contributed by atoms with Gasteiger partial charge < -0.3 is 10.6 Å². The van der Waals surface area contributed by atoms with E-state index in [1.165, 1.54) is 12.1 Å². The summed E-state index contributed by atoms with van der Waals surface area (Å²) in [5, 5.41) is 5.33. The number of nitrogens with one attached hydrogen (secondary N) is 2. The number of amides is 4. The van der Waals surface area contributed by atoms with Gasteiger partial charge in [-0.3, -0.25) is 14.5 Å². The highest BCUT2D eigenvalue weighted by atomic mass is 35.5. The van der Waals surface area contributed by atoms with Gasteiger partial charge in [-0.25, -0.2) is 9.18 Å². The van der Waals surface area contributed by atoms with Crippen molar-refractivity contribution >= 4 is 35.1 Å². The number of hydrogen-bond acceptors (Lipinski definition) is 3. The minimum atomic E-state index is -0.878. The zero-order chi connectivity index (χ0) is 17.3. The molecule has 0 aromatic heterocycles. The van der Waals surface area contributed by atoms with Crippen LogP contribution in [-0.2, 0) is 9.59 Å². The van der Waals surface area contributed by atoms with Gasteiger partial charge in [-0.15, -0.1) is 0 Å². The van der Waals surface area contributed by atoms with Crippen LogP contribution in [-0.4, -0.2) is 34.8 Å². The summed E-state index contributed by atoms with van der Waals surface area (Å²) in [6.45, 7) is -0.460. The summed E-state index contributed by atoms with van der Waals surface area (Å²) in [5.41, 5.74) is -0.969. The maximum Gasteiger partial charge on any atom is 0.325 e. The molecule has 2 N–H and O–H groups in total. The van der Waals surface area contributed by atoms with Crippen LogP contribution in [0.4, 0.5) is 14.9 Å². The van der Waals surface area contributed by atoms with Crippen molar-refractivity contribution in [3.8, 4) is 0 Å². The summed E-state index contributed by atoms with van der Waals surface area (Å²) in [6.07, 6.45) is 3.91. The first kappa shape index (κ1) is 16.7. The number of urea groups is 1. The molecule has 1 aromatic rings. The minimum Gasteiger partial charge on any atom is -0.323 e. The Balaban J connectivity index is 1.69. The third-order valence-electron chi connectivity index (χ3n) is 4.46. The van der Waals surface area contributed by atoms with Gasteiger partial charge >= 0.3 is 6.03 Å². The Hall–Kier alpha value is -2.15. The smallest absolute Gasteiger partial charge is 0.323 e. The van der Waals surface area contributed by atoms with Crippen LogP contribution in [0.25, 0.3) is 0 Å².